The molecule has 0 aliphatic carbocycles. The molecule has 0 saturated carbocycles. The van der Waals surface area contributed by atoms with E-state index in [9.17, 15) is 61.0 Å². The highest BCUT2D eigenvalue weighted by molar-refractivity contribution is 5.95. The second kappa shape index (κ2) is 11.0. The molecule has 1 aromatic heterocycles. The highest BCUT2D eigenvalue weighted by Crippen LogP contribution is 2.51. The van der Waals surface area contributed by atoms with Crippen LogP contribution in [0.2, 0.25) is 0 Å². The number of hydrogen-bond donors (Lipinski definition) is 11. The highest BCUT2D eigenvalue weighted by Gasteiger charge is 2.43. The molecule has 8 unspecified atom stereocenters. The van der Waals surface area contributed by atoms with Crippen molar-refractivity contribution in [1.29, 1.82) is 0 Å². The number of rotatable bonds is 5. The zero-order chi connectivity index (χ0) is 30.6. The Balaban J connectivity index is 1.68. The van der Waals surface area contributed by atoms with Gasteiger partial charge in [-0.15, -0.1) is 0 Å². The van der Waals surface area contributed by atoms with Crippen LogP contribution in [0.15, 0.2) is 27.4 Å². The van der Waals surface area contributed by atoms with E-state index in [0.717, 1.165) is 18.2 Å². The lowest BCUT2D eigenvalue weighted by Gasteiger charge is -2.36. The molecule has 5 rings (SSSR count). The van der Waals surface area contributed by atoms with Crippen molar-refractivity contribution in [2.24, 2.45) is 0 Å². The van der Waals surface area contributed by atoms with E-state index >= 15 is 0 Å². The second-order valence-electron chi connectivity index (χ2n) is 9.63. The van der Waals surface area contributed by atoms with Crippen molar-refractivity contribution < 1.29 is 79.5 Å². The van der Waals surface area contributed by atoms with Crippen LogP contribution in [0.25, 0.3) is 22.3 Å². The Bertz CT molecular complexity index is 1530. The lowest BCUT2D eigenvalue weighted by Crippen LogP contribution is -2.55. The Morgan fingerprint density at radius 3 is 1.67 bits per heavy atom. The summed E-state index contributed by atoms with van der Waals surface area (Å²) in [4.78, 5) is 13.3. The smallest absolute Gasteiger partial charge is 0.229 e. The van der Waals surface area contributed by atoms with Crippen molar-refractivity contribution >= 4 is 11.0 Å². The molecule has 8 atom stereocenters. The average molecular weight is 598 g/mol. The van der Waals surface area contributed by atoms with Crippen LogP contribution in [0.1, 0.15) is 0 Å². The van der Waals surface area contributed by atoms with Crippen LogP contribution in [0.3, 0.4) is 0 Å². The van der Waals surface area contributed by atoms with Crippen molar-refractivity contribution in [2.75, 3.05) is 13.2 Å². The van der Waals surface area contributed by atoms with Gasteiger partial charge in [-0.3, -0.25) is 4.79 Å². The Hall–Kier alpha value is -4.07. The van der Waals surface area contributed by atoms with E-state index in [1.165, 1.54) is 0 Å². The molecule has 17 heteroatoms. The van der Waals surface area contributed by atoms with E-state index in [0.29, 0.717) is 0 Å². The fourth-order valence-corrected chi connectivity index (χ4v) is 4.42. The van der Waals surface area contributed by atoms with Gasteiger partial charge in [0.05, 0.1) is 13.2 Å². The standard InChI is InChI=1S/C25H26O17/c26-7-3-12(6-1-8(27)14(31)9(28)2-6)40-21-13(7)17(34)22(41-24-18(35)15(32)10(29)4-38-24)20(37)23(21)42-25-19(36)16(33)11(30)5-39-25/h1-3,10-11,15-16,18-19,24-25,27-37H,4-5H2. The topological polar surface area (TPSA) is 290 Å². The third kappa shape index (κ3) is 4.97. The fourth-order valence-electron chi connectivity index (χ4n) is 4.42. The van der Waals surface area contributed by atoms with E-state index in [-0.39, 0.29) is 11.3 Å². The first-order valence-electron chi connectivity index (χ1n) is 12.3. The maximum atomic E-state index is 13.3. The van der Waals surface area contributed by atoms with Crippen LogP contribution < -0.4 is 14.9 Å². The van der Waals surface area contributed by atoms with Crippen LogP contribution in [0.4, 0.5) is 0 Å². The summed E-state index contributed by atoms with van der Waals surface area (Å²) in [7, 11) is 0. The van der Waals surface area contributed by atoms with Crippen molar-refractivity contribution in [1.82, 2.24) is 0 Å². The molecular formula is C25H26O17. The molecule has 11 N–H and O–H groups in total. The van der Waals surface area contributed by atoms with Gasteiger partial charge in [-0.2, -0.15) is 0 Å². The monoisotopic (exact) mass is 598 g/mol. The van der Waals surface area contributed by atoms with Crippen LogP contribution in [-0.2, 0) is 9.47 Å². The SMILES string of the molecule is O=c1cc(-c2cc(O)c(O)c(O)c2)oc2c(OC3OCC(O)C(O)C3O)c(O)c(OC3OCC(O)C(O)C3O)c(O)c12. The zero-order valence-corrected chi connectivity index (χ0v) is 21.1. The summed E-state index contributed by atoms with van der Waals surface area (Å²) in [6.07, 6.45) is -13.9. The minimum atomic E-state index is -1.91. The van der Waals surface area contributed by atoms with Gasteiger partial charge in [0.2, 0.25) is 29.8 Å². The number of aliphatic hydroxyl groups excluding tert-OH is 6. The Labute approximate surface area is 233 Å². The maximum absolute atomic E-state index is 13.3. The number of phenolic OH excluding ortho intramolecular Hbond substituents is 5. The molecule has 2 aromatic carbocycles. The van der Waals surface area contributed by atoms with Crippen molar-refractivity contribution in [3.63, 3.8) is 0 Å². The van der Waals surface area contributed by atoms with E-state index in [2.05, 4.69) is 0 Å². The summed E-state index contributed by atoms with van der Waals surface area (Å²) in [5, 5.41) is 111. The van der Waals surface area contributed by atoms with Gasteiger partial charge >= 0.3 is 0 Å². The van der Waals surface area contributed by atoms with Crippen LogP contribution in [-0.4, -0.2) is 119 Å². The van der Waals surface area contributed by atoms with Crippen LogP contribution in [0.5, 0.6) is 40.2 Å². The van der Waals surface area contributed by atoms with Gasteiger partial charge in [0.1, 0.15) is 47.8 Å². The maximum Gasteiger partial charge on any atom is 0.229 e. The number of hydrogen-bond acceptors (Lipinski definition) is 17. The Morgan fingerprint density at radius 2 is 1.14 bits per heavy atom. The van der Waals surface area contributed by atoms with E-state index in [1.54, 1.807) is 0 Å². The summed E-state index contributed by atoms with van der Waals surface area (Å²) in [6, 6.07) is 2.64. The molecule has 2 fully saturated rings. The molecule has 17 nitrogen and oxygen atoms in total. The fraction of sp³-hybridized carbons (Fsp3) is 0.400. The molecule has 3 heterocycles. The molecular weight excluding hydrogens is 572 g/mol. The summed E-state index contributed by atoms with van der Waals surface area (Å²) in [6.45, 7) is -1.06. The summed E-state index contributed by atoms with van der Waals surface area (Å²) in [5.41, 5.74) is -1.89. The van der Waals surface area contributed by atoms with Gasteiger partial charge in [-0.05, 0) is 12.1 Å². The first-order valence-corrected chi connectivity index (χ1v) is 12.3. The molecule has 0 bridgehead atoms. The third-order valence-electron chi connectivity index (χ3n) is 6.77. The molecule has 2 aliphatic heterocycles. The lowest BCUT2D eigenvalue weighted by atomic mass is 10.0. The summed E-state index contributed by atoms with van der Waals surface area (Å²) < 4.78 is 26.9. The number of ether oxygens (including phenoxy) is 4. The van der Waals surface area contributed by atoms with Crippen molar-refractivity contribution in [3.8, 4) is 51.6 Å². The highest BCUT2D eigenvalue weighted by atomic mass is 16.7. The van der Waals surface area contributed by atoms with Gasteiger partial charge in [0.15, 0.2) is 34.0 Å². The Kier molecular flexibility index (Phi) is 7.68. The first-order chi connectivity index (χ1) is 19.8. The van der Waals surface area contributed by atoms with E-state index in [1.807, 2.05) is 0 Å². The van der Waals surface area contributed by atoms with Crippen molar-refractivity contribution in [2.45, 2.75) is 49.2 Å². The predicted octanol–water partition coefficient (Wildman–Crippen LogP) is -2.38. The third-order valence-corrected chi connectivity index (χ3v) is 6.77. The van der Waals surface area contributed by atoms with E-state index < -0.39 is 119 Å². The van der Waals surface area contributed by atoms with Crippen LogP contribution in [0, 0.1) is 0 Å². The molecule has 0 spiro atoms. The summed E-state index contributed by atoms with van der Waals surface area (Å²) in [5.74, 6) is -6.78. The van der Waals surface area contributed by atoms with Crippen molar-refractivity contribution in [3.05, 3.63) is 28.4 Å². The van der Waals surface area contributed by atoms with Gasteiger partial charge < -0.3 is 79.5 Å². The van der Waals surface area contributed by atoms with Gasteiger partial charge in [0.25, 0.3) is 0 Å². The molecule has 228 valence electrons. The average Bonchev–Trinajstić information content (AvgIpc) is 2.95. The predicted molar refractivity (Wildman–Crippen MR) is 133 cm³/mol. The largest absolute Gasteiger partial charge is 0.504 e. The number of phenols is 5. The van der Waals surface area contributed by atoms with Gasteiger partial charge in [-0.25, -0.2) is 0 Å². The lowest BCUT2D eigenvalue weighted by molar-refractivity contribution is -0.243. The minimum Gasteiger partial charge on any atom is -0.504 e. The second-order valence-corrected chi connectivity index (χ2v) is 9.63. The molecule has 2 saturated heterocycles. The quantitative estimate of drug-likeness (QED) is 0.137. The molecule has 2 aliphatic rings. The van der Waals surface area contributed by atoms with Gasteiger partial charge in [0, 0.05) is 11.6 Å². The molecule has 0 radical (unpaired) electrons. The number of aliphatic hydroxyl groups is 6. The zero-order valence-electron chi connectivity index (χ0n) is 21.1. The number of aromatic hydroxyl groups is 5. The van der Waals surface area contributed by atoms with E-state index in [4.69, 9.17) is 23.4 Å². The minimum absolute atomic E-state index is 0.161. The molecule has 3 aromatic rings. The number of fused-ring (bicyclic) bond motifs is 1. The molecule has 0 amide bonds. The molecule has 42 heavy (non-hydrogen) atoms. The van der Waals surface area contributed by atoms with Crippen LogP contribution >= 0.6 is 0 Å². The van der Waals surface area contributed by atoms with Gasteiger partial charge in [-0.1, -0.05) is 0 Å². The summed E-state index contributed by atoms with van der Waals surface area (Å²) >= 11 is 0. The normalized spacial score (nSPS) is 29.9. The Morgan fingerprint density at radius 1 is 0.643 bits per heavy atom. The number of benzene rings is 2. The first kappa shape index (κ1) is 29.4.